The van der Waals surface area contributed by atoms with E-state index in [9.17, 15) is 14.9 Å². The maximum absolute atomic E-state index is 12.3. The largest absolute Gasteiger partial charge is 0.493 e. The number of thiophene rings is 1. The number of methoxy groups -OCH3 is 2. The van der Waals surface area contributed by atoms with E-state index in [2.05, 4.69) is 10.5 Å². The van der Waals surface area contributed by atoms with Gasteiger partial charge < -0.3 is 9.47 Å². The maximum Gasteiger partial charge on any atom is 0.281 e. The molecule has 0 atom stereocenters. The number of nitro groups is 1. The highest BCUT2D eigenvalue weighted by atomic mass is 35.5. The monoisotopic (exact) mass is 419 g/mol. The van der Waals surface area contributed by atoms with Gasteiger partial charge in [0, 0.05) is 33.8 Å². The number of fused-ring (bicyclic) bond motifs is 1. The molecule has 3 rings (SSSR count). The van der Waals surface area contributed by atoms with Gasteiger partial charge >= 0.3 is 0 Å². The van der Waals surface area contributed by atoms with Gasteiger partial charge in [-0.15, -0.1) is 11.3 Å². The van der Waals surface area contributed by atoms with E-state index in [-0.39, 0.29) is 5.69 Å². The number of benzene rings is 2. The Morgan fingerprint density at radius 1 is 1.21 bits per heavy atom. The molecule has 144 valence electrons. The Kier molecular flexibility index (Phi) is 5.76. The van der Waals surface area contributed by atoms with E-state index in [0.29, 0.717) is 32.3 Å². The van der Waals surface area contributed by atoms with Crippen molar-refractivity contribution < 1.29 is 19.2 Å². The van der Waals surface area contributed by atoms with Crippen LogP contribution in [0.3, 0.4) is 0 Å². The Morgan fingerprint density at radius 2 is 1.93 bits per heavy atom. The van der Waals surface area contributed by atoms with E-state index >= 15 is 0 Å². The summed E-state index contributed by atoms with van der Waals surface area (Å²) in [7, 11) is 3.00. The Balaban J connectivity index is 1.77. The number of hydrogen-bond donors (Lipinski definition) is 1. The number of hydrogen-bond acceptors (Lipinski definition) is 7. The molecule has 1 N–H and O–H groups in total. The molecule has 1 aromatic heterocycles. The van der Waals surface area contributed by atoms with Gasteiger partial charge in [-0.3, -0.25) is 14.9 Å². The van der Waals surface area contributed by atoms with Crippen molar-refractivity contribution in [3.05, 3.63) is 62.0 Å². The van der Waals surface area contributed by atoms with Crippen molar-refractivity contribution in [1.82, 2.24) is 5.43 Å². The molecular weight excluding hydrogens is 406 g/mol. The summed E-state index contributed by atoms with van der Waals surface area (Å²) in [6, 6.07) is 9.24. The third kappa shape index (κ3) is 4.05. The fraction of sp³-hybridized carbons (Fsp3) is 0.111. The van der Waals surface area contributed by atoms with Gasteiger partial charge in [0.15, 0.2) is 11.5 Å². The van der Waals surface area contributed by atoms with Crippen LogP contribution in [-0.4, -0.2) is 31.3 Å². The van der Waals surface area contributed by atoms with Crippen molar-refractivity contribution >= 4 is 50.8 Å². The highest BCUT2D eigenvalue weighted by Crippen LogP contribution is 2.32. The highest BCUT2D eigenvalue weighted by Gasteiger charge is 2.13. The molecule has 0 aliphatic heterocycles. The molecule has 1 heterocycles. The summed E-state index contributed by atoms with van der Waals surface area (Å²) in [5, 5.41) is 15.8. The fourth-order valence-corrected chi connectivity index (χ4v) is 3.58. The fourth-order valence-electron chi connectivity index (χ4n) is 2.44. The predicted octanol–water partition coefficient (Wildman–Crippen LogP) is 4.24. The minimum Gasteiger partial charge on any atom is -0.493 e. The SMILES string of the molecule is COc1cc(Cl)c(/C=N\NC(=O)c2cc3cc([N+](=O)[O-])ccc3s2)cc1OC. The summed E-state index contributed by atoms with van der Waals surface area (Å²) >= 11 is 7.39. The minimum absolute atomic E-state index is 0.0293. The van der Waals surface area contributed by atoms with Crippen molar-refractivity contribution in [2.24, 2.45) is 5.10 Å². The number of ether oxygens (including phenoxy) is 2. The van der Waals surface area contributed by atoms with Gasteiger partial charge in [-0.1, -0.05) is 11.6 Å². The van der Waals surface area contributed by atoms with Gasteiger partial charge in [-0.05, 0) is 18.2 Å². The zero-order chi connectivity index (χ0) is 20.3. The van der Waals surface area contributed by atoms with Gasteiger partial charge in [0.1, 0.15) is 0 Å². The number of hydrazone groups is 1. The smallest absolute Gasteiger partial charge is 0.281 e. The van der Waals surface area contributed by atoms with Crippen LogP contribution in [-0.2, 0) is 0 Å². The Hall–Kier alpha value is -3.17. The molecule has 0 radical (unpaired) electrons. The van der Waals surface area contributed by atoms with E-state index in [1.165, 1.54) is 43.9 Å². The molecule has 10 heteroatoms. The number of amides is 1. The lowest BCUT2D eigenvalue weighted by molar-refractivity contribution is -0.384. The lowest BCUT2D eigenvalue weighted by atomic mass is 10.2. The van der Waals surface area contributed by atoms with Crippen LogP contribution in [0.1, 0.15) is 15.2 Å². The summed E-state index contributed by atoms with van der Waals surface area (Å²) in [5.41, 5.74) is 2.92. The van der Waals surface area contributed by atoms with Crippen LogP contribution in [0.4, 0.5) is 5.69 Å². The third-order valence-corrected chi connectivity index (χ3v) is 5.25. The molecule has 0 saturated heterocycles. The molecule has 2 aromatic carbocycles. The number of non-ortho nitro benzene ring substituents is 1. The number of nitrogens with zero attached hydrogens (tertiary/aromatic N) is 2. The molecule has 1 amide bonds. The van der Waals surface area contributed by atoms with Crippen molar-refractivity contribution in [3.8, 4) is 11.5 Å². The minimum atomic E-state index is -0.478. The molecule has 28 heavy (non-hydrogen) atoms. The predicted molar refractivity (Wildman–Crippen MR) is 108 cm³/mol. The number of nitrogens with one attached hydrogen (secondary N) is 1. The number of halogens is 1. The first-order valence-electron chi connectivity index (χ1n) is 7.86. The molecule has 0 aliphatic rings. The molecular formula is C18H14ClN3O5S. The Morgan fingerprint density at radius 3 is 2.61 bits per heavy atom. The Labute approximate surface area is 168 Å². The molecule has 0 unspecified atom stereocenters. The standard InChI is InChI=1S/C18H14ClN3O5S/c1-26-14-6-11(13(19)8-15(14)27-2)9-20-21-18(23)17-7-10-5-12(22(24)25)3-4-16(10)28-17/h3-9H,1-2H3,(H,21,23)/b20-9-. The van der Waals surface area contributed by atoms with Gasteiger partial charge in [-0.2, -0.15) is 5.10 Å². The van der Waals surface area contributed by atoms with E-state index in [1.54, 1.807) is 24.3 Å². The normalized spacial score (nSPS) is 11.0. The second-order valence-corrected chi connectivity index (χ2v) is 7.01. The first-order valence-corrected chi connectivity index (χ1v) is 9.05. The lowest BCUT2D eigenvalue weighted by Crippen LogP contribution is -2.16. The van der Waals surface area contributed by atoms with Gasteiger partial charge in [0.05, 0.1) is 35.3 Å². The van der Waals surface area contributed by atoms with E-state index in [4.69, 9.17) is 21.1 Å². The summed E-state index contributed by atoms with van der Waals surface area (Å²) in [6.45, 7) is 0. The average Bonchev–Trinajstić information content (AvgIpc) is 3.12. The third-order valence-electron chi connectivity index (χ3n) is 3.81. The lowest BCUT2D eigenvalue weighted by Gasteiger charge is -2.09. The van der Waals surface area contributed by atoms with E-state index < -0.39 is 10.8 Å². The van der Waals surface area contributed by atoms with Crippen LogP contribution >= 0.6 is 22.9 Å². The van der Waals surface area contributed by atoms with Crippen molar-refractivity contribution in [2.45, 2.75) is 0 Å². The van der Waals surface area contributed by atoms with E-state index in [0.717, 1.165) is 4.70 Å². The first-order chi connectivity index (χ1) is 13.4. The molecule has 3 aromatic rings. The maximum atomic E-state index is 12.3. The van der Waals surface area contributed by atoms with Gasteiger partial charge in [0.2, 0.25) is 0 Å². The van der Waals surface area contributed by atoms with Crippen LogP contribution in [0.5, 0.6) is 11.5 Å². The Bertz CT molecular complexity index is 1100. The van der Waals surface area contributed by atoms with Crippen LogP contribution in [0.2, 0.25) is 5.02 Å². The molecule has 0 spiro atoms. The first kappa shape index (κ1) is 19.6. The molecule has 0 saturated carbocycles. The van der Waals surface area contributed by atoms with Crippen LogP contribution in [0.25, 0.3) is 10.1 Å². The van der Waals surface area contributed by atoms with Gasteiger partial charge in [0.25, 0.3) is 11.6 Å². The topological polar surface area (TPSA) is 103 Å². The van der Waals surface area contributed by atoms with Gasteiger partial charge in [-0.25, -0.2) is 5.43 Å². The zero-order valence-corrected chi connectivity index (χ0v) is 16.3. The second kappa shape index (κ2) is 8.24. The quantitative estimate of drug-likeness (QED) is 0.365. The van der Waals surface area contributed by atoms with Crippen LogP contribution < -0.4 is 14.9 Å². The molecule has 0 fully saturated rings. The zero-order valence-electron chi connectivity index (χ0n) is 14.8. The second-order valence-electron chi connectivity index (χ2n) is 5.52. The molecule has 0 aliphatic carbocycles. The molecule has 0 bridgehead atoms. The number of carbonyl (C=O) groups is 1. The highest BCUT2D eigenvalue weighted by molar-refractivity contribution is 7.20. The van der Waals surface area contributed by atoms with Crippen molar-refractivity contribution in [2.75, 3.05) is 14.2 Å². The van der Waals surface area contributed by atoms with Crippen molar-refractivity contribution in [3.63, 3.8) is 0 Å². The van der Waals surface area contributed by atoms with Crippen molar-refractivity contribution in [1.29, 1.82) is 0 Å². The van der Waals surface area contributed by atoms with E-state index in [1.807, 2.05) is 0 Å². The summed E-state index contributed by atoms with van der Waals surface area (Å²) < 4.78 is 11.1. The summed E-state index contributed by atoms with van der Waals surface area (Å²) in [4.78, 5) is 23.1. The average molecular weight is 420 g/mol. The summed E-state index contributed by atoms with van der Waals surface area (Å²) in [6.07, 6.45) is 1.39. The summed E-state index contributed by atoms with van der Waals surface area (Å²) in [5.74, 6) is 0.524. The van der Waals surface area contributed by atoms with Crippen LogP contribution in [0, 0.1) is 10.1 Å². The number of nitro benzene ring substituents is 1. The molecule has 8 nitrogen and oxygen atoms in total. The number of carbonyl (C=O) groups excluding carboxylic acids is 1. The van der Waals surface area contributed by atoms with Crippen LogP contribution in [0.15, 0.2) is 41.5 Å². The number of rotatable bonds is 6.